The van der Waals surface area contributed by atoms with Crippen molar-refractivity contribution < 1.29 is 4.79 Å². The molecule has 0 aliphatic heterocycles. The Morgan fingerprint density at radius 3 is 2.74 bits per heavy atom. The van der Waals surface area contributed by atoms with Crippen molar-refractivity contribution in [2.24, 2.45) is 7.05 Å². The van der Waals surface area contributed by atoms with Gasteiger partial charge in [-0.1, -0.05) is 30.3 Å². The molecular formula is C17H15NO. The summed E-state index contributed by atoms with van der Waals surface area (Å²) in [7, 11) is 2.10. The highest BCUT2D eigenvalue weighted by Gasteiger charge is 2.21. The van der Waals surface area contributed by atoms with Crippen LogP contribution in [0.15, 0.2) is 36.4 Å². The topological polar surface area (TPSA) is 22.0 Å². The third-order valence-electron chi connectivity index (χ3n) is 4.30. The van der Waals surface area contributed by atoms with E-state index in [1.165, 1.54) is 27.4 Å². The predicted molar refractivity (Wildman–Crippen MR) is 77.7 cm³/mol. The largest absolute Gasteiger partial charge is 0.343 e. The van der Waals surface area contributed by atoms with Gasteiger partial charge in [-0.15, -0.1) is 0 Å². The normalized spacial score (nSPS) is 15.1. The van der Waals surface area contributed by atoms with Crippen molar-refractivity contribution in [3.63, 3.8) is 0 Å². The molecule has 0 fully saturated rings. The van der Waals surface area contributed by atoms with Gasteiger partial charge in [0.2, 0.25) is 0 Å². The molecule has 0 amide bonds. The highest BCUT2D eigenvalue weighted by atomic mass is 16.1. The highest BCUT2D eigenvalue weighted by Crippen LogP contribution is 2.34. The van der Waals surface area contributed by atoms with E-state index in [0.717, 1.165) is 18.4 Å². The zero-order chi connectivity index (χ0) is 13.0. The molecule has 2 nitrogen and oxygen atoms in total. The Morgan fingerprint density at radius 2 is 1.84 bits per heavy atom. The van der Waals surface area contributed by atoms with Crippen molar-refractivity contribution in [1.29, 1.82) is 0 Å². The predicted octanol–water partition coefficient (Wildman–Crippen LogP) is 3.85. The first kappa shape index (κ1) is 10.8. The second kappa shape index (κ2) is 3.70. The molecule has 2 aromatic carbocycles. The van der Waals surface area contributed by atoms with Gasteiger partial charge in [0.05, 0.1) is 5.52 Å². The van der Waals surface area contributed by atoms with Crippen molar-refractivity contribution in [3.8, 4) is 0 Å². The summed E-state index contributed by atoms with van der Waals surface area (Å²) in [4.78, 5) is 12.0. The first-order chi connectivity index (χ1) is 9.27. The van der Waals surface area contributed by atoms with Crippen LogP contribution >= 0.6 is 0 Å². The van der Waals surface area contributed by atoms with E-state index in [1.807, 2.05) is 6.07 Å². The van der Waals surface area contributed by atoms with Crippen molar-refractivity contribution >= 4 is 27.6 Å². The van der Waals surface area contributed by atoms with Crippen LogP contribution in [0, 0.1) is 0 Å². The third-order valence-corrected chi connectivity index (χ3v) is 4.30. The molecule has 0 unspecified atom stereocenters. The Morgan fingerprint density at radius 1 is 1.00 bits per heavy atom. The van der Waals surface area contributed by atoms with Gasteiger partial charge >= 0.3 is 0 Å². The number of aromatic nitrogens is 1. The number of fused-ring (bicyclic) bond motifs is 5. The van der Waals surface area contributed by atoms with E-state index in [2.05, 4.69) is 41.9 Å². The number of hydrogen-bond donors (Lipinski definition) is 0. The average Bonchev–Trinajstić information content (AvgIpc) is 2.74. The summed E-state index contributed by atoms with van der Waals surface area (Å²) in [6.07, 6.45) is 2.69. The van der Waals surface area contributed by atoms with Gasteiger partial charge in [-0.05, 0) is 24.5 Å². The first-order valence-corrected chi connectivity index (χ1v) is 6.79. The maximum Gasteiger partial charge on any atom is 0.163 e. The van der Waals surface area contributed by atoms with E-state index in [9.17, 15) is 4.79 Å². The molecule has 1 aliphatic rings. The van der Waals surface area contributed by atoms with E-state index in [1.54, 1.807) is 0 Å². The maximum absolute atomic E-state index is 12.0. The van der Waals surface area contributed by atoms with Crippen LogP contribution in [0.4, 0.5) is 0 Å². The van der Waals surface area contributed by atoms with Crippen LogP contribution in [0.3, 0.4) is 0 Å². The monoisotopic (exact) mass is 249 g/mol. The number of ketones is 1. The van der Waals surface area contributed by atoms with Gasteiger partial charge in [0.15, 0.2) is 5.78 Å². The van der Waals surface area contributed by atoms with Gasteiger partial charge in [0.1, 0.15) is 0 Å². The van der Waals surface area contributed by atoms with Crippen LogP contribution < -0.4 is 0 Å². The fourth-order valence-electron chi connectivity index (χ4n) is 3.43. The second-order valence-electron chi connectivity index (χ2n) is 5.34. The van der Waals surface area contributed by atoms with Crippen molar-refractivity contribution in [2.45, 2.75) is 19.3 Å². The Kier molecular flexibility index (Phi) is 2.10. The quantitative estimate of drug-likeness (QED) is 0.593. The van der Waals surface area contributed by atoms with Gasteiger partial charge in [-0.3, -0.25) is 4.79 Å². The lowest BCUT2D eigenvalue weighted by atomic mass is 9.89. The second-order valence-corrected chi connectivity index (χ2v) is 5.34. The Balaban J connectivity index is 2.23. The van der Waals surface area contributed by atoms with Crippen LogP contribution in [0.5, 0.6) is 0 Å². The summed E-state index contributed by atoms with van der Waals surface area (Å²) in [6, 6.07) is 12.6. The molecule has 1 aliphatic carbocycles. The van der Waals surface area contributed by atoms with Crippen LogP contribution in [0.1, 0.15) is 28.8 Å². The number of Topliss-reactive ketones (excluding diaryl/α,β-unsaturated/α-hetero) is 1. The number of para-hydroxylation sites is 1. The van der Waals surface area contributed by atoms with E-state index >= 15 is 0 Å². The van der Waals surface area contributed by atoms with Gasteiger partial charge in [0, 0.05) is 35.3 Å². The van der Waals surface area contributed by atoms with Crippen LogP contribution in [-0.2, 0) is 13.5 Å². The summed E-state index contributed by atoms with van der Waals surface area (Å²) < 4.78 is 2.24. The molecule has 0 N–H and O–H groups in total. The van der Waals surface area contributed by atoms with Gasteiger partial charge in [-0.25, -0.2) is 0 Å². The SMILES string of the molecule is Cn1c2ccccc2c2ccc3c(c21)CCCC3=O. The lowest BCUT2D eigenvalue weighted by molar-refractivity contribution is 0.0973. The average molecular weight is 249 g/mol. The van der Waals surface area contributed by atoms with Crippen molar-refractivity contribution in [2.75, 3.05) is 0 Å². The fourth-order valence-corrected chi connectivity index (χ4v) is 3.43. The van der Waals surface area contributed by atoms with Crippen molar-refractivity contribution in [3.05, 3.63) is 47.5 Å². The highest BCUT2D eigenvalue weighted by molar-refractivity contribution is 6.12. The number of nitrogens with zero attached hydrogens (tertiary/aromatic N) is 1. The van der Waals surface area contributed by atoms with E-state index < -0.39 is 0 Å². The number of carbonyl (C=O) groups is 1. The van der Waals surface area contributed by atoms with Crippen molar-refractivity contribution in [1.82, 2.24) is 4.57 Å². The molecule has 0 saturated heterocycles. The molecule has 3 aromatic rings. The number of carbonyl (C=O) groups excluding carboxylic acids is 1. The van der Waals surface area contributed by atoms with Gasteiger partial charge in [-0.2, -0.15) is 0 Å². The zero-order valence-corrected chi connectivity index (χ0v) is 10.9. The molecule has 1 heterocycles. The summed E-state index contributed by atoms with van der Waals surface area (Å²) in [5.74, 6) is 0.299. The molecular weight excluding hydrogens is 234 g/mol. The van der Waals surface area contributed by atoms with E-state index in [4.69, 9.17) is 0 Å². The fraction of sp³-hybridized carbons (Fsp3) is 0.235. The number of hydrogen-bond acceptors (Lipinski definition) is 1. The minimum Gasteiger partial charge on any atom is -0.343 e. The Bertz CT molecular complexity index is 826. The molecule has 2 heteroatoms. The lowest BCUT2D eigenvalue weighted by Gasteiger charge is -2.16. The molecule has 0 bridgehead atoms. The summed E-state index contributed by atoms with van der Waals surface area (Å²) >= 11 is 0. The standard InChI is InChI=1S/C17H15NO/c1-18-15-7-3-2-5-11(15)14-10-9-12-13(17(14)18)6-4-8-16(12)19/h2-3,5,7,9-10H,4,6,8H2,1H3. The zero-order valence-electron chi connectivity index (χ0n) is 10.9. The van der Waals surface area contributed by atoms with Gasteiger partial charge in [0.25, 0.3) is 0 Å². The smallest absolute Gasteiger partial charge is 0.163 e. The first-order valence-electron chi connectivity index (χ1n) is 6.79. The van der Waals surface area contributed by atoms with Crippen LogP contribution in [-0.4, -0.2) is 10.4 Å². The third kappa shape index (κ3) is 1.34. The lowest BCUT2D eigenvalue weighted by Crippen LogP contribution is -2.11. The molecule has 0 atom stereocenters. The summed E-state index contributed by atoms with van der Waals surface area (Å²) in [6.45, 7) is 0. The molecule has 1 aromatic heterocycles. The number of rotatable bonds is 0. The van der Waals surface area contributed by atoms with E-state index in [0.29, 0.717) is 12.2 Å². The summed E-state index contributed by atoms with van der Waals surface area (Å²) in [5, 5.41) is 2.55. The minimum absolute atomic E-state index is 0.299. The molecule has 0 spiro atoms. The minimum atomic E-state index is 0.299. The Hall–Kier alpha value is -2.09. The van der Waals surface area contributed by atoms with Gasteiger partial charge < -0.3 is 4.57 Å². The number of aryl methyl sites for hydroxylation is 2. The molecule has 4 rings (SSSR count). The molecule has 94 valence electrons. The summed E-state index contributed by atoms with van der Waals surface area (Å²) in [5.41, 5.74) is 4.66. The molecule has 0 radical (unpaired) electrons. The molecule has 0 saturated carbocycles. The van der Waals surface area contributed by atoms with Crippen LogP contribution in [0.2, 0.25) is 0 Å². The van der Waals surface area contributed by atoms with E-state index in [-0.39, 0.29) is 0 Å². The number of benzene rings is 2. The Labute approximate surface area is 111 Å². The van der Waals surface area contributed by atoms with Crippen LogP contribution in [0.25, 0.3) is 21.8 Å². The maximum atomic E-state index is 12.0. The molecule has 19 heavy (non-hydrogen) atoms.